The molecule has 0 radical (unpaired) electrons. The number of anilines is 1. The van der Waals surface area contributed by atoms with Crippen LogP contribution in [0.2, 0.25) is 0 Å². The zero-order valence-electron chi connectivity index (χ0n) is 16.9. The summed E-state index contributed by atoms with van der Waals surface area (Å²) in [6.45, 7) is -0.0112. The van der Waals surface area contributed by atoms with Crippen molar-refractivity contribution in [3.05, 3.63) is 21.8 Å². The van der Waals surface area contributed by atoms with Gasteiger partial charge in [-0.3, -0.25) is 14.4 Å². The molecule has 34 heavy (non-hydrogen) atoms. The van der Waals surface area contributed by atoms with Gasteiger partial charge in [0.1, 0.15) is 0 Å². The number of nitrogens with two attached hydrogens (primary N) is 2. The van der Waals surface area contributed by atoms with Crippen LogP contribution in [0.3, 0.4) is 0 Å². The predicted octanol–water partition coefficient (Wildman–Crippen LogP) is -0.947. The molecular formula is C16H19ClI3N3O11. The maximum absolute atomic E-state index is 11.4. The Labute approximate surface area is 237 Å². The number of aliphatic hydroxyl groups is 4. The van der Waals surface area contributed by atoms with E-state index in [-0.39, 0.29) is 27.5 Å². The molecule has 0 aliphatic rings. The molecule has 18 heteroatoms. The summed E-state index contributed by atoms with van der Waals surface area (Å²) in [6, 6.07) is 0. The number of hydrogen-bond acceptors (Lipinski definition) is 9. The van der Waals surface area contributed by atoms with E-state index in [4.69, 9.17) is 32.2 Å². The van der Waals surface area contributed by atoms with E-state index in [1.54, 1.807) is 67.8 Å². The molecule has 0 heterocycles. The van der Waals surface area contributed by atoms with Crippen LogP contribution in [0.4, 0.5) is 5.69 Å². The van der Waals surface area contributed by atoms with Gasteiger partial charge < -0.3 is 42.1 Å². The smallest absolute Gasteiger partial charge is 0.337 e. The van der Waals surface area contributed by atoms with Crippen molar-refractivity contribution in [2.45, 2.75) is 19.1 Å². The molecule has 0 aliphatic carbocycles. The molecule has 14 nitrogen and oxygen atoms in total. The molecule has 0 saturated carbocycles. The van der Waals surface area contributed by atoms with Crippen LogP contribution in [0.1, 0.15) is 27.6 Å². The van der Waals surface area contributed by atoms with Crippen LogP contribution in [0.25, 0.3) is 0 Å². The molecule has 0 spiro atoms. The van der Waals surface area contributed by atoms with Crippen molar-refractivity contribution < 1.29 is 54.6 Å². The van der Waals surface area contributed by atoms with Crippen LogP contribution in [0, 0.1) is 10.7 Å². The second-order valence-electron chi connectivity index (χ2n) is 5.65. The second kappa shape index (κ2) is 16.5. The Kier molecular flexibility index (Phi) is 17.1. The summed E-state index contributed by atoms with van der Waals surface area (Å²) >= 11 is 11.0. The second-order valence-corrected chi connectivity index (χ2v) is 9.23. The van der Waals surface area contributed by atoms with Gasteiger partial charge in [-0.25, -0.2) is 14.0 Å². The summed E-state index contributed by atoms with van der Waals surface area (Å²) < 4.78 is 1.23. The van der Waals surface area contributed by atoms with Crippen molar-refractivity contribution in [2.75, 3.05) is 17.6 Å². The van der Waals surface area contributed by atoms with Crippen molar-refractivity contribution in [1.82, 2.24) is 0 Å². The van der Waals surface area contributed by atoms with E-state index < -0.39 is 55.1 Å². The third kappa shape index (κ3) is 10.7. The first kappa shape index (κ1) is 35.1. The fourth-order valence-electron chi connectivity index (χ4n) is 1.54. The van der Waals surface area contributed by atoms with Gasteiger partial charge in [-0.15, -0.1) is 0 Å². The minimum atomic E-state index is -1.40. The van der Waals surface area contributed by atoms with E-state index in [0.717, 1.165) is 4.42 Å². The van der Waals surface area contributed by atoms with E-state index in [2.05, 4.69) is 11.5 Å². The van der Waals surface area contributed by atoms with Gasteiger partial charge in [0.2, 0.25) is 17.7 Å². The van der Waals surface area contributed by atoms with Gasteiger partial charge in [-0.2, -0.15) is 0 Å². The summed E-state index contributed by atoms with van der Waals surface area (Å²) in [7, 11) is 0. The van der Waals surface area contributed by atoms with Crippen molar-refractivity contribution in [3.8, 4) is 0 Å². The van der Waals surface area contributed by atoms with Gasteiger partial charge in [0.15, 0.2) is 12.2 Å². The zero-order chi connectivity index (χ0) is 27.5. The monoisotopic (exact) mass is 845 g/mol. The zero-order valence-corrected chi connectivity index (χ0v) is 24.1. The first-order valence-corrected chi connectivity index (χ1v) is 11.8. The number of carbonyl (C=O) groups excluding carboxylic acids is 3. The number of aromatic carboxylic acids is 2. The summed E-state index contributed by atoms with van der Waals surface area (Å²) in [5.41, 5.74) is 8.68. The van der Waals surface area contributed by atoms with E-state index in [0.29, 0.717) is 0 Å². The maximum atomic E-state index is 11.4. The molecular weight excluding hydrogens is 826 g/mol. The third-order valence-electron chi connectivity index (χ3n) is 3.20. The lowest BCUT2D eigenvalue weighted by Gasteiger charge is -2.20. The van der Waals surface area contributed by atoms with Crippen LogP contribution in [0.15, 0.2) is 0 Å². The fraction of sp³-hybridized carbons (Fsp3) is 0.312. The van der Waals surface area contributed by atoms with Gasteiger partial charge >= 0.3 is 11.9 Å². The van der Waals surface area contributed by atoms with Crippen molar-refractivity contribution in [3.63, 3.8) is 0 Å². The average Bonchev–Trinajstić information content (AvgIpc) is 2.72. The lowest BCUT2D eigenvalue weighted by Crippen LogP contribution is -2.30. The SMILES string of the molecule is CC(=O)N(Cl)c1c(I)c(C(=O)O)c(I)c(C(=O)O)c1I.NC(=O)C(O)CO.NC(=O)C(O)CO. The lowest BCUT2D eigenvalue weighted by atomic mass is 10.1. The summed E-state index contributed by atoms with van der Waals surface area (Å²) in [5.74, 6) is -4.92. The molecule has 0 bridgehead atoms. The van der Waals surface area contributed by atoms with E-state index >= 15 is 0 Å². The normalized spacial score (nSPS) is 11.6. The summed E-state index contributed by atoms with van der Waals surface area (Å²) in [5, 5.41) is 50.8. The Bertz CT molecular complexity index is 888. The minimum Gasteiger partial charge on any atom is -0.478 e. The number of rotatable bonds is 7. The Morgan fingerprint density at radius 2 is 1.12 bits per heavy atom. The Hall–Kier alpha value is -1.11. The van der Waals surface area contributed by atoms with Gasteiger partial charge in [-0.1, -0.05) is 0 Å². The molecule has 2 unspecified atom stereocenters. The topological polar surface area (TPSA) is 262 Å². The Morgan fingerprint density at radius 3 is 1.26 bits per heavy atom. The number of carboxylic acids is 2. The van der Waals surface area contributed by atoms with E-state index in [9.17, 15) is 34.2 Å². The van der Waals surface area contributed by atoms with Crippen molar-refractivity contribution >= 4 is 115 Å². The lowest BCUT2D eigenvalue weighted by molar-refractivity contribution is -0.128. The number of carbonyl (C=O) groups is 5. The number of nitrogens with zero attached hydrogens (tertiary/aromatic N) is 1. The highest BCUT2D eigenvalue weighted by Gasteiger charge is 2.30. The van der Waals surface area contributed by atoms with Gasteiger partial charge in [0, 0.05) is 22.3 Å². The van der Waals surface area contributed by atoms with Crippen molar-refractivity contribution in [2.24, 2.45) is 11.5 Å². The maximum Gasteiger partial charge on any atom is 0.337 e. The quantitative estimate of drug-likeness (QED) is 0.123. The fourth-order valence-corrected chi connectivity index (χ4v) is 6.56. The molecule has 1 aromatic carbocycles. The number of amides is 3. The molecule has 0 saturated heterocycles. The first-order chi connectivity index (χ1) is 15.5. The van der Waals surface area contributed by atoms with Crippen LogP contribution in [0.5, 0.6) is 0 Å². The number of aliphatic hydroxyl groups excluding tert-OH is 4. The number of hydrogen-bond donors (Lipinski definition) is 8. The molecule has 1 aromatic rings. The number of carboxylic acid groups (broad SMARTS) is 2. The van der Waals surface area contributed by atoms with Gasteiger partial charge in [0.25, 0.3) is 0 Å². The highest BCUT2D eigenvalue weighted by Crippen LogP contribution is 2.38. The molecule has 0 aliphatic heterocycles. The molecule has 0 fully saturated rings. The van der Waals surface area contributed by atoms with Crippen molar-refractivity contribution in [1.29, 1.82) is 0 Å². The predicted molar refractivity (Wildman–Crippen MR) is 142 cm³/mol. The number of benzene rings is 1. The number of halogens is 4. The largest absolute Gasteiger partial charge is 0.478 e. The van der Waals surface area contributed by atoms with Crippen LogP contribution < -0.4 is 15.9 Å². The van der Waals surface area contributed by atoms with Crippen LogP contribution >= 0.6 is 79.5 Å². The number of primary amides is 2. The molecule has 1 rings (SSSR count). The highest BCUT2D eigenvalue weighted by atomic mass is 127. The molecule has 2 atom stereocenters. The van der Waals surface area contributed by atoms with Gasteiger partial charge in [0.05, 0.1) is 37.2 Å². The molecule has 10 N–H and O–H groups in total. The van der Waals surface area contributed by atoms with Gasteiger partial charge in [-0.05, 0) is 67.8 Å². The highest BCUT2D eigenvalue weighted by molar-refractivity contribution is 14.1. The first-order valence-electron chi connectivity index (χ1n) is 8.27. The van der Waals surface area contributed by atoms with E-state index in [1.165, 1.54) is 6.92 Å². The summed E-state index contributed by atoms with van der Waals surface area (Å²) in [4.78, 5) is 53.5. The standard InChI is InChI=1S/C10H5ClI3NO5.2C3H7NO3/c1-2(16)15(11)8-6(13)3(9(17)18)5(12)4(7(8)14)10(19)20;2*4-3(7)2(6)1-5/h1H3,(H,17,18)(H,19,20);2*2,5-6H,1H2,(H2,4,7). The van der Waals surface area contributed by atoms with E-state index in [1.807, 2.05) is 0 Å². The average molecular weight is 846 g/mol. The third-order valence-corrected chi connectivity index (χ3v) is 6.78. The molecule has 3 amide bonds. The molecule has 192 valence electrons. The minimum absolute atomic E-state index is 0.0654. The Morgan fingerprint density at radius 1 is 0.824 bits per heavy atom. The van der Waals surface area contributed by atoms with Crippen LogP contribution in [-0.4, -0.2) is 85.7 Å². The Balaban J connectivity index is 0. The summed E-state index contributed by atoms with van der Waals surface area (Å²) in [6.07, 6.45) is -2.81. The van der Waals surface area contributed by atoms with Crippen LogP contribution in [-0.2, 0) is 14.4 Å². The molecule has 0 aromatic heterocycles.